The molecular formula is C24H29N3O2. The minimum Gasteiger partial charge on any atom is -0.323 e. The number of nitrogens with one attached hydrogen (secondary N) is 1. The average Bonchev–Trinajstić information content (AvgIpc) is 2.96. The molecule has 0 aromatic heterocycles. The third kappa shape index (κ3) is 3.79. The second-order valence-corrected chi connectivity index (χ2v) is 8.55. The molecule has 1 aliphatic carbocycles. The van der Waals surface area contributed by atoms with Crippen LogP contribution in [-0.2, 0) is 4.79 Å². The van der Waals surface area contributed by atoms with Gasteiger partial charge in [0.05, 0.1) is 12.7 Å². The van der Waals surface area contributed by atoms with Gasteiger partial charge in [0.15, 0.2) is 0 Å². The van der Waals surface area contributed by atoms with Gasteiger partial charge in [-0.3, -0.25) is 9.69 Å². The van der Waals surface area contributed by atoms with Crippen molar-refractivity contribution < 1.29 is 9.59 Å². The predicted molar refractivity (Wildman–Crippen MR) is 113 cm³/mol. The summed E-state index contributed by atoms with van der Waals surface area (Å²) in [6.07, 6.45) is 3.43. The Labute approximate surface area is 172 Å². The highest BCUT2D eigenvalue weighted by molar-refractivity contribution is 6.07. The molecule has 1 N–H and O–H groups in total. The van der Waals surface area contributed by atoms with E-state index in [0.717, 1.165) is 36.8 Å². The monoisotopic (exact) mass is 391 g/mol. The largest absolute Gasteiger partial charge is 0.326 e. The number of hydrogen-bond acceptors (Lipinski definition) is 3. The van der Waals surface area contributed by atoms with Gasteiger partial charge in [-0.2, -0.15) is 0 Å². The van der Waals surface area contributed by atoms with Gasteiger partial charge in [0.1, 0.15) is 5.54 Å². The maximum Gasteiger partial charge on any atom is 0.326 e. The van der Waals surface area contributed by atoms with Gasteiger partial charge in [-0.15, -0.1) is 0 Å². The summed E-state index contributed by atoms with van der Waals surface area (Å²) in [6, 6.07) is 20.1. The van der Waals surface area contributed by atoms with Crippen molar-refractivity contribution in [3.05, 3.63) is 71.8 Å². The van der Waals surface area contributed by atoms with Gasteiger partial charge in [0.25, 0.3) is 5.91 Å². The normalized spacial score (nSPS) is 24.6. The molecule has 0 bridgehead atoms. The van der Waals surface area contributed by atoms with E-state index >= 15 is 0 Å². The molecule has 0 radical (unpaired) electrons. The zero-order valence-electron chi connectivity index (χ0n) is 17.2. The smallest absolute Gasteiger partial charge is 0.323 e. The van der Waals surface area contributed by atoms with E-state index < -0.39 is 5.54 Å². The van der Waals surface area contributed by atoms with Crippen LogP contribution in [-0.4, -0.2) is 41.0 Å². The first kappa shape index (κ1) is 19.6. The summed E-state index contributed by atoms with van der Waals surface area (Å²) in [7, 11) is 1.97. The molecule has 1 aliphatic heterocycles. The first-order valence-electron chi connectivity index (χ1n) is 10.4. The summed E-state index contributed by atoms with van der Waals surface area (Å²) in [5.41, 5.74) is 1.57. The van der Waals surface area contributed by atoms with Crippen LogP contribution in [0.25, 0.3) is 0 Å². The molecule has 0 atom stereocenters. The summed E-state index contributed by atoms with van der Waals surface area (Å²) >= 11 is 0. The van der Waals surface area contributed by atoms with Crippen molar-refractivity contribution in [3.63, 3.8) is 0 Å². The standard InChI is InChI=1S/C24H29N3O2/c1-18-13-15-24(16-14-18)22(28)27(23(29)25-24)17-26(2)21(19-9-5-3-6-10-19)20-11-7-4-8-12-20/h3-12,18,21H,13-17H2,1-2H3,(H,25,29). The first-order chi connectivity index (χ1) is 14.0. The number of hydrogen-bond donors (Lipinski definition) is 1. The van der Waals surface area contributed by atoms with Gasteiger partial charge in [-0.05, 0) is 49.8 Å². The third-order valence-electron chi connectivity index (χ3n) is 6.41. The summed E-state index contributed by atoms with van der Waals surface area (Å²) in [5.74, 6) is 0.545. The molecule has 152 valence electrons. The van der Waals surface area contributed by atoms with E-state index in [9.17, 15) is 9.59 Å². The Bertz CT molecular complexity index is 821. The molecule has 5 heteroatoms. The molecule has 2 aliphatic rings. The Kier molecular flexibility index (Phi) is 5.41. The van der Waals surface area contributed by atoms with E-state index in [0.29, 0.717) is 5.92 Å². The number of amides is 3. The van der Waals surface area contributed by atoms with Crippen LogP contribution < -0.4 is 5.32 Å². The summed E-state index contributed by atoms with van der Waals surface area (Å²) in [5, 5.41) is 3.02. The zero-order valence-corrected chi connectivity index (χ0v) is 17.2. The van der Waals surface area contributed by atoms with Gasteiger partial charge < -0.3 is 5.32 Å². The maximum atomic E-state index is 13.2. The molecule has 3 amide bonds. The summed E-state index contributed by atoms with van der Waals surface area (Å²) in [4.78, 5) is 29.5. The molecular weight excluding hydrogens is 362 g/mol. The van der Waals surface area contributed by atoms with E-state index in [1.807, 2.05) is 43.4 Å². The van der Waals surface area contributed by atoms with E-state index in [1.54, 1.807) is 0 Å². The van der Waals surface area contributed by atoms with Gasteiger partial charge in [-0.1, -0.05) is 67.6 Å². The van der Waals surface area contributed by atoms with E-state index in [4.69, 9.17) is 0 Å². The number of carbonyl (C=O) groups is 2. The van der Waals surface area contributed by atoms with Crippen molar-refractivity contribution in [1.29, 1.82) is 0 Å². The van der Waals surface area contributed by atoms with Gasteiger partial charge >= 0.3 is 6.03 Å². The third-order valence-corrected chi connectivity index (χ3v) is 6.41. The highest BCUT2D eigenvalue weighted by atomic mass is 16.2. The number of carbonyl (C=O) groups excluding carboxylic acids is 2. The molecule has 2 aromatic carbocycles. The van der Waals surface area contributed by atoms with E-state index in [-0.39, 0.29) is 24.6 Å². The SMILES string of the molecule is CC1CCC2(CC1)NC(=O)N(CN(C)C(c1ccccc1)c1ccccc1)C2=O. The van der Waals surface area contributed by atoms with Crippen LogP contribution in [0.5, 0.6) is 0 Å². The van der Waals surface area contributed by atoms with Crippen molar-refractivity contribution in [3.8, 4) is 0 Å². The maximum absolute atomic E-state index is 13.2. The number of urea groups is 1. The summed E-state index contributed by atoms with van der Waals surface area (Å²) in [6.45, 7) is 2.47. The lowest BCUT2D eigenvalue weighted by Crippen LogP contribution is -2.50. The van der Waals surface area contributed by atoms with Crippen molar-refractivity contribution in [1.82, 2.24) is 15.1 Å². The van der Waals surface area contributed by atoms with Crippen molar-refractivity contribution in [2.75, 3.05) is 13.7 Å². The molecule has 1 saturated heterocycles. The molecule has 29 heavy (non-hydrogen) atoms. The van der Waals surface area contributed by atoms with Crippen LogP contribution in [0.15, 0.2) is 60.7 Å². The number of nitrogens with zero attached hydrogens (tertiary/aromatic N) is 2. The number of rotatable bonds is 5. The van der Waals surface area contributed by atoms with Crippen LogP contribution >= 0.6 is 0 Å². The van der Waals surface area contributed by atoms with E-state index in [2.05, 4.69) is 41.4 Å². The van der Waals surface area contributed by atoms with Crippen molar-refractivity contribution >= 4 is 11.9 Å². The molecule has 4 rings (SSSR count). The van der Waals surface area contributed by atoms with Crippen LogP contribution in [0, 0.1) is 5.92 Å². The van der Waals surface area contributed by atoms with Gasteiger partial charge in [0.2, 0.25) is 0 Å². The van der Waals surface area contributed by atoms with Crippen LogP contribution in [0.3, 0.4) is 0 Å². The average molecular weight is 392 g/mol. The zero-order chi connectivity index (χ0) is 20.4. The number of benzene rings is 2. The fourth-order valence-corrected chi connectivity index (χ4v) is 4.68. The first-order valence-corrected chi connectivity index (χ1v) is 10.4. The lowest BCUT2D eigenvalue weighted by Gasteiger charge is -2.34. The lowest BCUT2D eigenvalue weighted by molar-refractivity contribution is -0.134. The molecule has 1 heterocycles. The Balaban J connectivity index is 1.57. The minimum atomic E-state index is -0.695. The van der Waals surface area contributed by atoms with Crippen LogP contribution in [0.4, 0.5) is 4.79 Å². The number of imide groups is 1. The Hall–Kier alpha value is -2.66. The highest BCUT2D eigenvalue weighted by Gasteiger charge is 2.52. The molecule has 5 nitrogen and oxygen atoms in total. The molecule has 0 unspecified atom stereocenters. The molecule has 1 spiro atoms. The molecule has 1 saturated carbocycles. The van der Waals surface area contributed by atoms with Crippen molar-refractivity contribution in [2.24, 2.45) is 5.92 Å². The second-order valence-electron chi connectivity index (χ2n) is 8.55. The van der Waals surface area contributed by atoms with Crippen molar-refractivity contribution in [2.45, 2.75) is 44.2 Å². The minimum absolute atomic E-state index is 0.0408. The highest BCUT2D eigenvalue weighted by Crippen LogP contribution is 2.37. The Morgan fingerprint density at radius 2 is 1.52 bits per heavy atom. The van der Waals surface area contributed by atoms with Crippen LogP contribution in [0.1, 0.15) is 49.8 Å². The van der Waals surface area contributed by atoms with Crippen LogP contribution in [0.2, 0.25) is 0 Å². The van der Waals surface area contributed by atoms with Gasteiger partial charge in [0, 0.05) is 0 Å². The molecule has 2 fully saturated rings. The quantitative estimate of drug-likeness (QED) is 0.779. The fourth-order valence-electron chi connectivity index (χ4n) is 4.68. The summed E-state index contributed by atoms with van der Waals surface area (Å²) < 4.78 is 0. The fraction of sp³-hybridized carbons (Fsp3) is 0.417. The molecule has 2 aromatic rings. The second kappa shape index (κ2) is 7.99. The topological polar surface area (TPSA) is 52.7 Å². The Morgan fingerprint density at radius 3 is 2.03 bits per heavy atom. The predicted octanol–water partition coefficient (Wildman–Crippen LogP) is 4.17. The van der Waals surface area contributed by atoms with E-state index in [1.165, 1.54) is 4.90 Å². The van der Waals surface area contributed by atoms with Gasteiger partial charge in [-0.25, -0.2) is 9.69 Å². The lowest BCUT2D eigenvalue weighted by atomic mass is 9.77. The Morgan fingerprint density at radius 1 is 1.00 bits per heavy atom.